The number of nitrogens with two attached hydrogens (primary N) is 1. The number of allylic oxidation sites excluding steroid dienone is 1. The number of rotatable bonds is 0. The molecule has 5 N–H and O–H groups in total. The first kappa shape index (κ1) is 10.1. The third kappa shape index (κ3) is 1.52. The van der Waals surface area contributed by atoms with Crippen LogP contribution in [-0.2, 0) is 4.79 Å². The fraction of sp³-hybridized carbons (Fsp3) is 0. The lowest BCUT2D eigenvalue weighted by Gasteiger charge is -2.08. The van der Waals surface area contributed by atoms with Crippen molar-refractivity contribution in [2.45, 2.75) is 0 Å². The van der Waals surface area contributed by atoms with Crippen LogP contribution in [0.1, 0.15) is 0 Å². The minimum absolute atomic E-state index is 0. The molecule has 4 heteroatoms. The van der Waals surface area contributed by atoms with E-state index in [-0.39, 0.29) is 5.48 Å². The summed E-state index contributed by atoms with van der Waals surface area (Å²) in [6.07, 6.45) is 1.72. The molecule has 0 fully saturated rings. The molecule has 0 unspecified atom stereocenters. The second kappa shape index (κ2) is 3.79. The van der Waals surface area contributed by atoms with Crippen LogP contribution in [0.4, 0.5) is 0 Å². The van der Waals surface area contributed by atoms with Crippen molar-refractivity contribution in [1.29, 1.82) is 0 Å². The number of benzene rings is 1. The third-order valence-corrected chi connectivity index (χ3v) is 1.93. The largest absolute Gasteiger partial charge is 0.412 e. The van der Waals surface area contributed by atoms with E-state index in [9.17, 15) is 4.79 Å². The molecule has 0 atom stereocenters. The Hall–Kier alpha value is -2.03. The maximum atomic E-state index is 10.4. The molecule has 0 spiro atoms. The van der Waals surface area contributed by atoms with Crippen LogP contribution in [0.25, 0.3) is 11.9 Å². The maximum Gasteiger partial charge on any atom is 0.150 e. The van der Waals surface area contributed by atoms with E-state index in [0.29, 0.717) is 11.5 Å². The van der Waals surface area contributed by atoms with Gasteiger partial charge in [0.15, 0.2) is 5.94 Å². The molecule has 1 aliphatic heterocycles. The summed E-state index contributed by atoms with van der Waals surface area (Å²) in [6, 6.07) is 7.60. The predicted octanol–water partition coefficient (Wildman–Crippen LogP) is -2.01. The quantitative estimate of drug-likeness (QED) is 0.463. The molecule has 4 nitrogen and oxygen atoms in total. The van der Waals surface area contributed by atoms with Gasteiger partial charge in [-0.1, -0.05) is 24.3 Å². The summed E-state index contributed by atoms with van der Waals surface area (Å²) < 4.78 is 0. The fourth-order valence-electron chi connectivity index (χ4n) is 1.33. The standard InChI is InChI=1S/C10H8N2O.H2O/c11-10-9-4-2-1-3-7(9)5-8(6-13)12-10;/h1-5,12H,11H2;1H2. The monoisotopic (exact) mass is 190 g/mol. The molecule has 1 aromatic rings. The number of hydrogen-bond donors (Lipinski definition) is 2. The van der Waals surface area contributed by atoms with E-state index in [0.717, 1.165) is 10.4 Å². The van der Waals surface area contributed by atoms with Crippen LogP contribution in [-0.4, -0.2) is 11.4 Å². The van der Waals surface area contributed by atoms with Gasteiger partial charge >= 0.3 is 0 Å². The Balaban J connectivity index is 0.000000980. The molecule has 1 heterocycles. The van der Waals surface area contributed by atoms with Crippen molar-refractivity contribution < 1.29 is 10.3 Å². The Bertz CT molecular complexity index is 513. The highest BCUT2D eigenvalue weighted by Crippen LogP contribution is 1.91. The van der Waals surface area contributed by atoms with Gasteiger partial charge in [0, 0.05) is 5.22 Å². The molecule has 0 aromatic heterocycles. The van der Waals surface area contributed by atoms with Crippen molar-refractivity contribution >= 4 is 17.8 Å². The van der Waals surface area contributed by atoms with Crippen LogP contribution in [0.15, 0.2) is 30.0 Å². The van der Waals surface area contributed by atoms with Crippen LogP contribution in [0, 0.1) is 0 Å². The van der Waals surface area contributed by atoms with Crippen molar-refractivity contribution in [2.24, 2.45) is 5.73 Å². The number of nitrogens with one attached hydrogen (secondary N) is 1. The Morgan fingerprint density at radius 1 is 1.29 bits per heavy atom. The van der Waals surface area contributed by atoms with Crippen molar-refractivity contribution in [3.63, 3.8) is 0 Å². The SMILES string of the molecule is NC1=c2ccccc2=CC(=C=O)N1.O. The Morgan fingerprint density at radius 2 is 2.00 bits per heavy atom. The molecule has 72 valence electrons. The first-order valence-corrected chi connectivity index (χ1v) is 3.90. The van der Waals surface area contributed by atoms with E-state index in [1.165, 1.54) is 0 Å². The lowest BCUT2D eigenvalue weighted by atomic mass is 10.1. The molecule has 14 heavy (non-hydrogen) atoms. The van der Waals surface area contributed by atoms with E-state index in [4.69, 9.17) is 5.73 Å². The van der Waals surface area contributed by atoms with Gasteiger partial charge in [0.1, 0.15) is 11.5 Å². The predicted molar refractivity (Wildman–Crippen MR) is 53.7 cm³/mol. The topological polar surface area (TPSA) is 86.6 Å². The zero-order valence-corrected chi connectivity index (χ0v) is 7.37. The van der Waals surface area contributed by atoms with Crippen LogP contribution < -0.4 is 21.5 Å². The Morgan fingerprint density at radius 3 is 2.71 bits per heavy atom. The van der Waals surface area contributed by atoms with E-state index in [1.807, 2.05) is 24.3 Å². The highest BCUT2D eigenvalue weighted by molar-refractivity contribution is 5.72. The zero-order valence-electron chi connectivity index (χ0n) is 7.37. The van der Waals surface area contributed by atoms with Gasteiger partial charge < -0.3 is 16.5 Å². The number of carbonyl (C=O) groups excluding carboxylic acids is 1. The van der Waals surface area contributed by atoms with Gasteiger partial charge in [0.2, 0.25) is 0 Å². The maximum absolute atomic E-state index is 10.4. The molecule has 0 bridgehead atoms. The van der Waals surface area contributed by atoms with E-state index >= 15 is 0 Å². The molecule has 2 rings (SSSR count). The van der Waals surface area contributed by atoms with Crippen LogP contribution in [0.3, 0.4) is 0 Å². The summed E-state index contributed by atoms with van der Waals surface area (Å²) >= 11 is 0. The van der Waals surface area contributed by atoms with E-state index in [1.54, 1.807) is 12.0 Å². The second-order valence-electron chi connectivity index (χ2n) is 2.79. The minimum Gasteiger partial charge on any atom is -0.412 e. The molecular weight excluding hydrogens is 180 g/mol. The van der Waals surface area contributed by atoms with Gasteiger partial charge in [0.25, 0.3) is 0 Å². The molecule has 0 saturated carbocycles. The highest BCUT2D eigenvalue weighted by Gasteiger charge is 2.02. The molecule has 0 saturated heterocycles. The van der Waals surface area contributed by atoms with Gasteiger partial charge in [-0.25, -0.2) is 4.79 Å². The van der Waals surface area contributed by atoms with Gasteiger partial charge in [-0.2, -0.15) is 0 Å². The Labute approximate surface area is 80.3 Å². The number of hydrogen-bond acceptors (Lipinski definition) is 3. The van der Waals surface area contributed by atoms with Gasteiger partial charge in [-0.05, 0) is 11.3 Å². The molecule has 0 aliphatic carbocycles. The zero-order chi connectivity index (χ0) is 9.26. The van der Waals surface area contributed by atoms with Crippen molar-refractivity contribution in [2.75, 3.05) is 0 Å². The van der Waals surface area contributed by atoms with E-state index in [2.05, 4.69) is 5.32 Å². The van der Waals surface area contributed by atoms with Crippen molar-refractivity contribution in [3.8, 4) is 0 Å². The average molecular weight is 190 g/mol. The van der Waals surface area contributed by atoms with Crippen LogP contribution in [0.5, 0.6) is 0 Å². The van der Waals surface area contributed by atoms with Crippen molar-refractivity contribution in [1.82, 2.24) is 5.32 Å². The average Bonchev–Trinajstić information content (AvgIpc) is 2.18. The summed E-state index contributed by atoms with van der Waals surface area (Å²) in [5.74, 6) is 2.27. The normalized spacial score (nSPS) is 12.9. The summed E-state index contributed by atoms with van der Waals surface area (Å²) in [6.45, 7) is 0. The van der Waals surface area contributed by atoms with E-state index < -0.39 is 0 Å². The smallest absolute Gasteiger partial charge is 0.150 e. The fourth-order valence-corrected chi connectivity index (χ4v) is 1.33. The lowest BCUT2D eigenvalue weighted by molar-refractivity contribution is 0.567. The van der Waals surface area contributed by atoms with Crippen LogP contribution in [0.2, 0.25) is 0 Å². The van der Waals surface area contributed by atoms with Crippen LogP contribution >= 0.6 is 0 Å². The summed E-state index contributed by atoms with van der Waals surface area (Å²) in [4.78, 5) is 10.4. The third-order valence-electron chi connectivity index (χ3n) is 1.93. The summed E-state index contributed by atoms with van der Waals surface area (Å²) in [7, 11) is 0. The molecular formula is C10H10N2O2. The first-order chi connectivity index (χ1) is 6.31. The summed E-state index contributed by atoms with van der Waals surface area (Å²) in [5, 5.41) is 4.61. The molecule has 1 aliphatic rings. The van der Waals surface area contributed by atoms with Crippen molar-refractivity contribution in [3.05, 3.63) is 40.4 Å². The summed E-state index contributed by atoms with van der Waals surface area (Å²) in [5.41, 5.74) is 6.07. The lowest BCUT2D eigenvalue weighted by Crippen LogP contribution is -2.39. The van der Waals surface area contributed by atoms with Gasteiger partial charge in [-0.15, -0.1) is 0 Å². The second-order valence-corrected chi connectivity index (χ2v) is 2.79. The molecule has 1 aromatic carbocycles. The number of fused-ring (bicyclic) bond motifs is 1. The van der Waals surface area contributed by atoms with Gasteiger partial charge in [-0.3, -0.25) is 0 Å². The molecule has 0 amide bonds. The minimum atomic E-state index is 0. The highest BCUT2D eigenvalue weighted by atomic mass is 16.1. The first-order valence-electron chi connectivity index (χ1n) is 3.90. The molecule has 0 radical (unpaired) electrons. The van der Waals surface area contributed by atoms with Gasteiger partial charge in [0.05, 0.1) is 0 Å². The Kier molecular flexibility index (Phi) is 2.72.